The largest absolute Gasteiger partial charge is 0.378 e. The molecule has 17 heavy (non-hydrogen) atoms. The lowest BCUT2D eigenvalue weighted by atomic mass is 9.92. The summed E-state index contributed by atoms with van der Waals surface area (Å²) >= 11 is 0. The molecule has 0 amide bonds. The number of nitrogens with one attached hydrogen (secondary N) is 1. The molecule has 3 fully saturated rings. The van der Waals surface area contributed by atoms with Gasteiger partial charge in [-0.25, -0.2) is 8.78 Å². The molecule has 2 nitrogen and oxygen atoms in total. The predicted molar refractivity (Wildman–Crippen MR) is 63.7 cm³/mol. The Morgan fingerprint density at radius 3 is 2.53 bits per heavy atom. The van der Waals surface area contributed by atoms with Gasteiger partial charge in [-0.05, 0) is 44.7 Å². The molecule has 100 valence electrons. The number of piperidine rings is 1. The van der Waals surface area contributed by atoms with E-state index in [0.717, 1.165) is 38.8 Å². The van der Waals surface area contributed by atoms with Crippen molar-refractivity contribution >= 4 is 12.4 Å². The van der Waals surface area contributed by atoms with Gasteiger partial charge in [0.05, 0.1) is 12.0 Å². The molecule has 3 rings (SSSR count). The molecule has 0 aromatic rings. The van der Waals surface area contributed by atoms with Gasteiger partial charge in [0.15, 0.2) is 0 Å². The minimum Gasteiger partial charge on any atom is -0.378 e. The van der Waals surface area contributed by atoms with Crippen LogP contribution in [0.5, 0.6) is 0 Å². The van der Waals surface area contributed by atoms with Gasteiger partial charge in [0.2, 0.25) is 0 Å². The zero-order valence-electron chi connectivity index (χ0n) is 9.83. The maximum Gasteiger partial charge on any atom is 0.257 e. The van der Waals surface area contributed by atoms with Crippen molar-refractivity contribution in [2.75, 3.05) is 19.7 Å². The standard InChI is InChI=1S/C12H19F2NO.ClH/c13-12(14)10(8-3-1-5-15-7-8)11(12)9-4-2-6-16-9;/h8-11,15H,1-7H2;1H. The molecule has 0 spiro atoms. The van der Waals surface area contributed by atoms with Gasteiger partial charge < -0.3 is 10.1 Å². The molecule has 1 saturated carbocycles. The first kappa shape index (κ1) is 13.5. The first-order valence-corrected chi connectivity index (χ1v) is 6.41. The SMILES string of the molecule is Cl.FC1(F)C(C2CCCNC2)C1C1CCCO1. The van der Waals surface area contributed by atoms with Crippen LogP contribution in [0.2, 0.25) is 0 Å². The smallest absolute Gasteiger partial charge is 0.257 e. The zero-order valence-corrected chi connectivity index (χ0v) is 10.6. The van der Waals surface area contributed by atoms with Crippen molar-refractivity contribution in [2.45, 2.75) is 37.7 Å². The summed E-state index contributed by atoms with van der Waals surface area (Å²) in [4.78, 5) is 0. The molecule has 0 aromatic heterocycles. The van der Waals surface area contributed by atoms with E-state index in [1.54, 1.807) is 0 Å². The van der Waals surface area contributed by atoms with E-state index in [4.69, 9.17) is 4.74 Å². The number of hydrogen-bond donors (Lipinski definition) is 1. The molecule has 2 heterocycles. The maximum absolute atomic E-state index is 13.8. The second kappa shape index (κ2) is 4.98. The van der Waals surface area contributed by atoms with Crippen LogP contribution in [0.25, 0.3) is 0 Å². The zero-order chi connectivity index (χ0) is 11.2. The van der Waals surface area contributed by atoms with Crippen molar-refractivity contribution in [3.05, 3.63) is 0 Å². The fourth-order valence-electron chi connectivity index (χ4n) is 3.53. The molecule has 4 atom stereocenters. The first-order chi connectivity index (χ1) is 7.71. The van der Waals surface area contributed by atoms with E-state index < -0.39 is 17.8 Å². The number of rotatable bonds is 2. The van der Waals surface area contributed by atoms with Crippen LogP contribution in [-0.2, 0) is 4.74 Å². The summed E-state index contributed by atoms with van der Waals surface area (Å²) in [6, 6.07) is 0. The van der Waals surface area contributed by atoms with Gasteiger partial charge >= 0.3 is 0 Å². The van der Waals surface area contributed by atoms with Crippen LogP contribution in [0.15, 0.2) is 0 Å². The molecular formula is C12H20ClF2NO. The van der Waals surface area contributed by atoms with Gasteiger partial charge in [0.25, 0.3) is 5.92 Å². The fourth-order valence-corrected chi connectivity index (χ4v) is 3.53. The normalized spacial score (nSPS) is 44.1. The summed E-state index contributed by atoms with van der Waals surface area (Å²) in [5, 5.41) is 3.23. The monoisotopic (exact) mass is 267 g/mol. The highest BCUT2D eigenvalue weighted by atomic mass is 35.5. The molecule has 0 bridgehead atoms. The molecule has 5 heteroatoms. The Kier molecular flexibility index (Phi) is 3.96. The van der Waals surface area contributed by atoms with E-state index in [1.807, 2.05) is 0 Å². The second-order valence-corrected chi connectivity index (χ2v) is 5.38. The highest BCUT2D eigenvalue weighted by molar-refractivity contribution is 5.85. The highest BCUT2D eigenvalue weighted by Gasteiger charge is 2.73. The molecule has 2 saturated heterocycles. The average molecular weight is 268 g/mol. The molecule has 0 aromatic carbocycles. The van der Waals surface area contributed by atoms with Crippen LogP contribution in [-0.4, -0.2) is 31.7 Å². The van der Waals surface area contributed by atoms with Crippen LogP contribution in [0.1, 0.15) is 25.7 Å². The van der Waals surface area contributed by atoms with Gasteiger partial charge in [0, 0.05) is 12.5 Å². The minimum absolute atomic E-state index is 0. The summed E-state index contributed by atoms with van der Waals surface area (Å²) in [5.74, 6) is -3.19. The Balaban J connectivity index is 0.00000108. The number of halogens is 3. The van der Waals surface area contributed by atoms with Crippen molar-refractivity contribution in [3.8, 4) is 0 Å². The topological polar surface area (TPSA) is 21.3 Å². The van der Waals surface area contributed by atoms with Gasteiger partial charge in [0.1, 0.15) is 0 Å². The Morgan fingerprint density at radius 1 is 1.12 bits per heavy atom. The van der Waals surface area contributed by atoms with Crippen molar-refractivity contribution < 1.29 is 13.5 Å². The van der Waals surface area contributed by atoms with E-state index in [1.165, 1.54) is 0 Å². The Morgan fingerprint density at radius 2 is 1.94 bits per heavy atom. The van der Waals surface area contributed by atoms with Gasteiger partial charge in [-0.3, -0.25) is 0 Å². The van der Waals surface area contributed by atoms with Crippen molar-refractivity contribution in [2.24, 2.45) is 17.8 Å². The van der Waals surface area contributed by atoms with Crippen molar-refractivity contribution in [1.29, 1.82) is 0 Å². The van der Waals surface area contributed by atoms with Crippen LogP contribution >= 0.6 is 12.4 Å². The number of ether oxygens (including phenoxy) is 1. The van der Waals surface area contributed by atoms with Crippen molar-refractivity contribution in [1.82, 2.24) is 5.32 Å². The molecule has 2 aliphatic heterocycles. The molecule has 4 unspecified atom stereocenters. The van der Waals surface area contributed by atoms with Crippen molar-refractivity contribution in [3.63, 3.8) is 0 Å². The molecule has 0 radical (unpaired) electrons. The van der Waals surface area contributed by atoms with Crippen LogP contribution < -0.4 is 5.32 Å². The van der Waals surface area contributed by atoms with E-state index in [-0.39, 0.29) is 24.4 Å². The van der Waals surface area contributed by atoms with E-state index in [2.05, 4.69) is 5.32 Å². The lowest BCUT2D eigenvalue weighted by molar-refractivity contribution is 0.0278. The lowest BCUT2D eigenvalue weighted by Gasteiger charge is -2.22. The van der Waals surface area contributed by atoms with Gasteiger partial charge in [-0.1, -0.05) is 0 Å². The van der Waals surface area contributed by atoms with Gasteiger partial charge in [-0.2, -0.15) is 0 Å². The Labute approximate surface area is 107 Å². The third-order valence-electron chi connectivity index (χ3n) is 4.37. The van der Waals surface area contributed by atoms with Crippen LogP contribution in [0, 0.1) is 17.8 Å². The Bertz CT molecular complexity index is 265. The molecular weight excluding hydrogens is 248 g/mol. The first-order valence-electron chi connectivity index (χ1n) is 6.41. The summed E-state index contributed by atoms with van der Waals surface area (Å²) in [7, 11) is 0. The van der Waals surface area contributed by atoms with Crippen LogP contribution in [0.4, 0.5) is 8.78 Å². The quantitative estimate of drug-likeness (QED) is 0.830. The predicted octanol–water partition coefficient (Wildman–Crippen LogP) is 2.47. The molecule has 3 aliphatic rings. The average Bonchev–Trinajstić information content (AvgIpc) is 2.70. The van der Waals surface area contributed by atoms with Crippen LogP contribution in [0.3, 0.4) is 0 Å². The van der Waals surface area contributed by atoms with Gasteiger partial charge in [-0.15, -0.1) is 12.4 Å². The third-order valence-corrected chi connectivity index (χ3v) is 4.37. The summed E-state index contributed by atoms with van der Waals surface area (Å²) < 4.78 is 33.0. The lowest BCUT2D eigenvalue weighted by Crippen LogP contribution is -2.32. The van der Waals surface area contributed by atoms with E-state index in [0.29, 0.717) is 6.61 Å². The fraction of sp³-hybridized carbons (Fsp3) is 1.00. The van der Waals surface area contributed by atoms with E-state index in [9.17, 15) is 8.78 Å². The summed E-state index contributed by atoms with van der Waals surface area (Å²) in [6.45, 7) is 2.43. The number of alkyl halides is 2. The molecule has 1 aliphatic carbocycles. The second-order valence-electron chi connectivity index (χ2n) is 5.38. The maximum atomic E-state index is 13.8. The Hall–Kier alpha value is 0.0700. The number of hydrogen-bond acceptors (Lipinski definition) is 2. The summed E-state index contributed by atoms with van der Waals surface area (Å²) in [6.07, 6.45) is 3.61. The third kappa shape index (κ3) is 2.32. The summed E-state index contributed by atoms with van der Waals surface area (Å²) in [5.41, 5.74) is 0. The van der Waals surface area contributed by atoms with E-state index >= 15 is 0 Å². The molecule has 1 N–H and O–H groups in total. The minimum atomic E-state index is -2.46. The highest BCUT2D eigenvalue weighted by Crippen LogP contribution is 2.63.